The molecule has 3 aromatic carbocycles. The molecule has 6 rings (SSSR count). The van der Waals surface area contributed by atoms with Crippen molar-refractivity contribution < 1.29 is 19.1 Å². The quantitative estimate of drug-likeness (QED) is 0.641. The molecule has 3 aliphatic heterocycles. The van der Waals surface area contributed by atoms with Crippen LogP contribution < -0.4 is 9.64 Å². The summed E-state index contributed by atoms with van der Waals surface area (Å²) in [6.45, 7) is 1.40. The maximum absolute atomic E-state index is 13.7. The Morgan fingerprint density at radius 3 is 2.41 bits per heavy atom. The van der Waals surface area contributed by atoms with Crippen LogP contribution >= 0.6 is 0 Å². The number of imide groups is 1. The summed E-state index contributed by atoms with van der Waals surface area (Å²) in [7, 11) is 0. The average molecular weight is 383 g/mol. The van der Waals surface area contributed by atoms with E-state index in [1.165, 1.54) is 11.8 Å². The molecule has 0 aliphatic carbocycles. The molecule has 0 bridgehead atoms. The molecule has 0 saturated carbocycles. The molecule has 0 aromatic heterocycles. The van der Waals surface area contributed by atoms with Crippen LogP contribution in [0.15, 0.2) is 78.9 Å². The Balaban J connectivity index is 1.62. The van der Waals surface area contributed by atoms with E-state index in [2.05, 4.69) is 0 Å². The molecule has 1 saturated heterocycles. The zero-order valence-corrected chi connectivity index (χ0v) is 15.7. The lowest BCUT2D eigenvalue weighted by molar-refractivity contribution is -0.360. The van der Waals surface area contributed by atoms with Gasteiger partial charge in [-0.15, -0.1) is 0 Å². The fraction of sp³-hybridized carbons (Fsp3) is 0.167. The minimum absolute atomic E-state index is 0.327. The Morgan fingerprint density at radius 2 is 1.62 bits per heavy atom. The van der Waals surface area contributed by atoms with E-state index < -0.39 is 17.3 Å². The molecule has 5 nitrogen and oxygen atoms in total. The number of nitrogens with zero attached hydrogens (tertiary/aromatic N) is 1. The van der Waals surface area contributed by atoms with Gasteiger partial charge in [-0.05, 0) is 12.1 Å². The van der Waals surface area contributed by atoms with E-state index in [4.69, 9.17) is 9.47 Å². The molecule has 3 atom stereocenters. The number of rotatable bonds is 1. The molecular weight excluding hydrogens is 366 g/mol. The van der Waals surface area contributed by atoms with Gasteiger partial charge in [-0.25, -0.2) is 4.90 Å². The van der Waals surface area contributed by atoms with Gasteiger partial charge < -0.3 is 9.47 Å². The predicted molar refractivity (Wildman–Crippen MR) is 105 cm³/mol. The van der Waals surface area contributed by atoms with Crippen LogP contribution in [0.4, 0.5) is 5.69 Å². The lowest BCUT2D eigenvalue weighted by atomic mass is 9.66. The standard InChI is InChI=1S/C24H17NO4/c1-15(26)25-19-13-7-6-12-18(19)23(22(25)27)21-17-11-5-8-14-20(17)28-24(21,29-23)16-9-3-2-4-10-16/h2-14,21H,1H3. The molecule has 3 aromatic rings. The van der Waals surface area contributed by atoms with E-state index in [0.717, 1.165) is 11.1 Å². The van der Waals surface area contributed by atoms with Gasteiger partial charge in [0.25, 0.3) is 5.91 Å². The van der Waals surface area contributed by atoms with E-state index in [0.29, 0.717) is 17.0 Å². The number of carbonyl (C=O) groups is 2. The summed E-state index contributed by atoms with van der Waals surface area (Å²) in [5.41, 5.74) is 1.76. The van der Waals surface area contributed by atoms with Crippen LogP contribution in [-0.4, -0.2) is 11.8 Å². The summed E-state index contributed by atoms with van der Waals surface area (Å²) in [6.07, 6.45) is 0. The highest BCUT2D eigenvalue weighted by atomic mass is 16.7. The fourth-order valence-electron chi connectivity index (χ4n) is 5.06. The van der Waals surface area contributed by atoms with Crippen LogP contribution in [-0.2, 0) is 25.7 Å². The van der Waals surface area contributed by atoms with Crippen LogP contribution in [0.1, 0.15) is 29.5 Å². The Morgan fingerprint density at radius 1 is 0.931 bits per heavy atom. The Bertz CT molecular complexity index is 1190. The average Bonchev–Trinajstić information content (AvgIpc) is 3.14. The number of hydrogen-bond acceptors (Lipinski definition) is 4. The highest BCUT2D eigenvalue weighted by molar-refractivity contribution is 6.22. The van der Waals surface area contributed by atoms with Crippen molar-refractivity contribution in [2.45, 2.75) is 24.2 Å². The summed E-state index contributed by atoms with van der Waals surface area (Å²) >= 11 is 0. The molecular formula is C24H17NO4. The molecule has 1 fully saturated rings. The molecule has 0 radical (unpaired) electrons. The van der Waals surface area contributed by atoms with E-state index in [-0.39, 0.29) is 11.8 Å². The van der Waals surface area contributed by atoms with Gasteiger partial charge in [-0.3, -0.25) is 9.59 Å². The summed E-state index contributed by atoms with van der Waals surface area (Å²) < 4.78 is 12.9. The smallest absolute Gasteiger partial charge is 0.271 e. The summed E-state index contributed by atoms with van der Waals surface area (Å²) in [6, 6.07) is 24.7. The van der Waals surface area contributed by atoms with Crippen LogP contribution in [0, 0.1) is 0 Å². The van der Waals surface area contributed by atoms with Crippen molar-refractivity contribution in [1.29, 1.82) is 0 Å². The number of carbonyl (C=O) groups excluding carboxylic acids is 2. The van der Waals surface area contributed by atoms with Crippen molar-refractivity contribution >= 4 is 17.5 Å². The van der Waals surface area contributed by atoms with Crippen molar-refractivity contribution in [3.63, 3.8) is 0 Å². The number of benzene rings is 3. The number of ether oxygens (including phenoxy) is 2. The highest BCUT2D eigenvalue weighted by Crippen LogP contribution is 2.71. The number of fused-ring (bicyclic) bond motifs is 6. The van der Waals surface area contributed by atoms with Gasteiger partial charge >= 0.3 is 0 Å². The van der Waals surface area contributed by atoms with Gasteiger partial charge in [0.2, 0.25) is 11.7 Å². The van der Waals surface area contributed by atoms with Gasteiger partial charge in [-0.2, -0.15) is 0 Å². The largest absolute Gasteiger partial charge is 0.457 e. The second-order valence-corrected chi connectivity index (χ2v) is 7.62. The third-order valence-corrected chi connectivity index (χ3v) is 6.15. The normalized spacial score (nSPS) is 28.4. The minimum atomic E-state index is -1.29. The SMILES string of the molecule is CC(=O)N1C(=O)C2(OC3(c4ccccc4)Oc4ccccc4C32)c2ccccc21. The van der Waals surface area contributed by atoms with Crippen molar-refractivity contribution in [2.24, 2.45) is 0 Å². The number of para-hydroxylation sites is 2. The Labute approximate surface area is 167 Å². The van der Waals surface area contributed by atoms with E-state index >= 15 is 0 Å². The van der Waals surface area contributed by atoms with Crippen LogP contribution in [0.3, 0.4) is 0 Å². The summed E-state index contributed by atoms with van der Waals surface area (Å²) in [4.78, 5) is 27.2. The minimum Gasteiger partial charge on any atom is -0.457 e. The molecule has 29 heavy (non-hydrogen) atoms. The van der Waals surface area contributed by atoms with Gasteiger partial charge in [0, 0.05) is 23.6 Å². The van der Waals surface area contributed by atoms with E-state index in [1.54, 1.807) is 6.07 Å². The number of anilines is 1. The van der Waals surface area contributed by atoms with Crippen molar-refractivity contribution in [3.05, 3.63) is 95.6 Å². The number of hydrogen-bond donors (Lipinski definition) is 0. The molecule has 2 amide bonds. The third kappa shape index (κ3) is 1.79. The van der Waals surface area contributed by atoms with E-state index in [9.17, 15) is 9.59 Å². The van der Waals surface area contributed by atoms with Crippen molar-refractivity contribution in [1.82, 2.24) is 0 Å². The first-order valence-electron chi connectivity index (χ1n) is 9.58. The second kappa shape index (κ2) is 5.33. The topological polar surface area (TPSA) is 55.8 Å². The van der Waals surface area contributed by atoms with E-state index in [1.807, 2.05) is 72.8 Å². The maximum atomic E-state index is 13.7. The monoisotopic (exact) mass is 383 g/mol. The fourth-order valence-corrected chi connectivity index (χ4v) is 5.06. The van der Waals surface area contributed by atoms with Crippen LogP contribution in [0.25, 0.3) is 0 Å². The Hall–Kier alpha value is -3.44. The van der Waals surface area contributed by atoms with Gasteiger partial charge in [-0.1, -0.05) is 66.7 Å². The Kier molecular flexibility index (Phi) is 3.04. The summed E-state index contributed by atoms with van der Waals surface area (Å²) in [5, 5.41) is 0. The molecule has 3 heterocycles. The van der Waals surface area contributed by atoms with Crippen LogP contribution in [0.2, 0.25) is 0 Å². The second-order valence-electron chi connectivity index (χ2n) is 7.62. The predicted octanol–water partition coefficient (Wildman–Crippen LogP) is 3.83. The molecule has 0 N–H and O–H groups in total. The van der Waals surface area contributed by atoms with Crippen molar-refractivity contribution in [3.8, 4) is 5.75 Å². The maximum Gasteiger partial charge on any atom is 0.271 e. The van der Waals surface area contributed by atoms with Gasteiger partial charge in [0.05, 0.1) is 5.69 Å². The van der Waals surface area contributed by atoms with Gasteiger partial charge in [0.1, 0.15) is 11.7 Å². The lowest BCUT2D eigenvalue weighted by Crippen LogP contribution is -2.66. The molecule has 142 valence electrons. The third-order valence-electron chi connectivity index (χ3n) is 6.15. The summed E-state index contributed by atoms with van der Waals surface area (Å²) in [5.74, 6) is -1.48. The zero-order chi connectivity index (χ0) is 19.8. The number of amides is 2. The first kappa shape index (κ1) is 16.5. The molecule has 5 heteroatoms. The highest BCUT2D eigenvalue weighted by Gasteiger charge is 2.79. The first-order valence-corrected chi connectivity index (χ1v) is 9.58. The molecule has 3 aliphatic rings. The van der Waals surface area contributed by atoms with Crippen LogP contribution in [0.5, 0.6) is 5.75 Å². The van der Waals surface area contributed by atoms with Crippen molar-refractivity contribution in [2.75, 3.05) is 4.90 Å². The lowest BCUT2D eigenvalue weighted by Gasteiger charge is -2.55. The molecule has 1 spiro atoms. The molecule has 3 unspecified atom stereocenters. The van der Waals surface area contributed by atoms with Gasteiger partial charge in [0.15, 0.2) is 5.60 Å². The first-order chi connectivity index (χ1) is 14.1. The zero-order valence-electron chi connectivity index (χ0n) is 15.7.